The number of allylic oxidation sites excluding steroid dienone is 1. The Morgan fingerprint density at radius 2 is 2.27 bits per heavy atom. The molecule has 8 heteroatoms. The monoisotopic (exact) mass is 304 g/mol. The van der Waals surface area contributed by atoms with Gasteiger partial charge in [-0.3, -0.25) is 4.57 Å². The van der Waals surface area contributed by atoms with Gasteiger partial charge in [0.15, 0.2) is 5.82 Å². The van der Waals surface area contributed by atoms with Crippen molar-refractivity contribution < 1.29 is 4.74 Å². The number of ether oxygens (including phenoxy) is 1. The Balaban J connectivity index is 2.03. The van der Waals surface area contributed by atoms with Crippen LogP contribution in [0.15, 0.2) is 17.4 Å². The van der Waals surface area contributed by atoms with E-state index in [1.54, 1.807) is 6.08 Å². The predicted molar refractivity (Wildman–Crippen MR) is 83.0 cm³/mol. The van der Waals surface area contributed by atoms with Crippen molar-refractivity contribution in [3.8, 4) is 11.5 Å². The van der Waals surface area contributed by atoms with Crippen molar-refractivity contribution in [3.05, 3.63) is 28.8 Å². The van der Waals surface area contributed by atoms with Crippen LogP contribution < -0.4 is 10.6 Å². The molecule has 1 atom stereocenters. The Hall–Kier alpha value is -2.35. The van der Waals surface area contributed by atoms with Gasteiger partial charge in [0, 0.05) is 25.3 Å². The van der Waals surface area contributed by atoms with Gasteiger partial charge in [-0.15, -0.1) is 16.8 Å². The molecule has 1 aliphatic rings. The summed E-state index contributed by atoms with van der Waals surface area (Å²) in [5, 5.41) is 8.59. The molecular formula is C14H20N6O2. The molecule has 0 aromatic carbocycles. The maximum Gasteiger partial charge on any atom is 0.323 e. The summed E-state index contributed by atoms with van der Waals surface area (Å²) in [6.45, 7) is 10.4. The summed E-state index contributed by atoms with van der Waals surface area (Å²) in [6.07, 6.45) is 1.94. The lowest BCUT2D eigenvalue weighted by Gasteiger charge is -2.31. The van der Waals surface area contributed by atoms with Crippen LogP contribution in [0.1, 0.15) is 12.6 Å². The van der Waals surface area contributed by atoms with E-state index in [9.17, 15) is 4.79 Å². The topological polar surface area (TPSA) is 91.8 Å². The van der Waals surface area contributed by atoms with Crippen molar-refractivity contribution in [1.82, 2.24) is 24.7 Å². The minimum atomic E-state index is -0.248. The molecule has 2 aromatic heterocycles. The largest absolute Gasteiger partial charge is 0.375 e. The summed E-state index contributed by atoms with van der Waals surface area (Å²) in [4.78, 5) is 19.1. The van der Waals surface area contributed by atoms with E-state index in [4.69, 9.17) is 4.74 Å². The second kappa shape index (κ2) is 5.80. The highest BCUT2D eigenvalue weighted by molar-refractivity contribution is 5.55. The zero-order chi connectivity index (χ0) is 15.7. The molecule has 0 aliphatic carbocycles. The molecule has 1 fully saturated rings. The number of H-pyrrole nitrogens is 2. The number of aromatic nitrogens is 5. The van der Waals surface area contributed by atoms with Gasteiger partial charge in [0.05, 0.1) is 12.7 Å². The fourth-order valence-electron chi connectivity index (χ4n) is 2.71. The van der Waals surface area contributed by atoms with Crippen molar-refractivity contribution >= 4 is 5.95 Å². The maximum atomic E-state index is 11.5. The van der Waals surface area contributed by atoms with E-state index in [0.717, 1.165) is 24.7 Å². The van der Waals surface area contributed by atoms with Gasteiger partial charge < -0.3 is 19.6 Å². The van der Waals surface area contributed by atoms with Crippen LogP contribution in [0, 0.1) is 6.92 Å². The number of anilines is 1. The highest BCUT2D eigenvalue weighted by atomic mass is 16.5. The van der Waals surface area contributed by atoms with Crippen LogP contribution in [0.25, 0.3) is 11.5 Å². The van der Waals surface area contributed by atoms with Crippen LogP contribution >= 0.6 is 0 Å². The van der Waals surface area contributed by atoms with Crippen molar-refractivity contribution in [1.29, 1.82) is 0 Å². The number of nitrogens with zero attached hydrogens (tertiary/aromatic N) is 4. The SMILES string of the molecule is C=CCn1c(-c2[nH]c(=O)[nH]c2C)nnc1N1CCOC(C)C1. The lowest BCUT2D eigenvalue weighted by Crippen LogP contribution is -2.42. The second-order valence-corrected chi connectivity index (χ2v) is 5.43. The summed E-state index contributed by atoms with van der Waals surface area (Å²) in [5.41, 5.74) is 1.15. The molecule has 3 heterocycles. The maximum absolute atomic E-state index is 11.5. The summed E-state index contributed by atoms with van der Waals surface area (Å²) < 4.78 is 7.53. The number of aromatic amines is 2. The van der Waals surface area contributed by atoms with Gasteiger partial charge in [-0.05, 0) is 13.8 Å². The Morgan fingerprint density at radius 3 is 2.91 bits per heavy atom. The summed E-state index contributed by atoms with van der Waals surface area (Å²) >= 11 is 0. The highest BCUT2D eigenvalue weighted by Gasteiger charge is 2.24. The average molecular weight is 304 g/mol. The van der Waals surface area contributed by atoms with Gasteiger partial charge >= 0.3 is 5.69 Å². The molecule has 0 bridgehead atoms. The van der Waals surface area contributed by atoms with Gasteiger partial charge in [0.1, 0.15) is 5.69 Å². The van der Waals surface area contributed by atoms with Crippen LogP contribution in [-0.2, 0) is 11.3 Å². The third kappa shape index (κ3) is 2.57. The second-order valence-electron chi connectivity index (χ2n) is 5.43. The van der Waals surface area contributed by atoms with E-state index in [1.165, 1.54) is 0 Å². The number of nitrogens with one attached hydrogen (secondary N) is 2. The van der Waals surface area contributed by atoms with Crippen LogP contribution in [0.2, 0.25) is 0 Å². The zero-order valence-electron chi connectivity index (χ0n) is 12.8. The van der Waals surface area contributed by atoms with Gasteiger partial charge in [-0.25, -0.2) is 4.79 Å². The van der Waals surface area contributed by atoms with E-state index < -0.39 is 0 Å². The first-order valence-electron chi connectivity index (χ1n) is 7.30. The summed E-state index contributed by atoms with van der Waals surface area (Å²) in [7, 11) is 0. The zero-order valence-corrected chi connectivity index (χ0v) is 12.8. The van der Waals surface area contributed by atoms with Gasteiger partial charge in [-0.1, -0.05) is 6.08 Å². The standard InChI is InChI=1S/C14H20N6O2/c1-4-5-20-12(11-10(3)15-13(21)16-11)17-18-14(20)19-6-7-22-9(2)8-19/h4,9H,1,5-8H2,2-3H3,(H2,15,16,21). The smallest absolute Gasteiger partial charge is 0.323 e. The first-order valence-corrected chi connectivity index (χ1v) is 7.30. The van der Waals surface area contributed by atoms with E-state index in [-0.39, 0.29) is 11.8 Å². The van der Waals surface area contributed by atoms with Crippen molar-refractivity contribution in [3.63, 3.8) is 0 Å². The van der Waals surface area contributed by atoms with E-state index in [0.29, 0.717) is 24.7 Å². The normalized spacial score (nSPS) is 18.6. The molecule has 3 rings (SSSR count). The molecule has 1 saturated heterocycles. The Bertz CT molecular complexity index is 728. The summed E-state index contributed by atoms with van der Waals surface area (Å²) in [5.74, 6) is 1.40. The predicted octanol–water partition coefficient (Wildman–Crippen LogP) is 0.681. The molecule has 1 aliphatic heterocycles. The Labute approximate surface area is 127 Å². The first kappa shape index (κ1) is 14.6. The first-order chi connectivity index (χ1) is 10.6. The number of morpholine rings is 1. The minimum absolute atomic E-state index is 0.153. The van der Waals surface area contributed by atoms with Crippen molar-refractivity contribution in [2.45, 2.75) is 26.5 Å². The third-order valence-electron chi connectivity index (χ3n) is 3.71. The third-order valence-corrected chi connectivity index (χ3v) is 3.71. The number of rotatable bonds is 4. The number of hydrogen-bond acceptors (Lipinski definition) is 5. The van der Waals surface area contributed by atoms with Crippen molar-refractivity contribution in [2.24, 2.45) is 0 Å². The molecule has 118 valence electrons. The van der Waals surface area contributed by atoms with E-state index in [1.807, 2.05) is 18.4 Å². The molecule has 0 saturated carbocycles. The molecule has 2 N–H and O–H groups in total. The molecule has 22 heavy (non-hydrogen) atoms. The molecule has 2 aromatic rings. The van der Waals surface area contributed by atoms with E-state index >= 15 is 0 Å². The Morgan fingerprint density at radius 1 is 1.45 bits per heavy atom. The van der Waals surface area contributed by atoms with Crippen LogP contribution in [0.5, 0.6) is 0 Å². The highest BCUT2D eigenvalue weighted by Crippen LogP contribution is 2.23. The molecular weight excluding hydrogens is 284 g/mol. The van der Waals surface area contributed by atoms with Gasteiger partial charge in [-0.2, -0.15) is 0 Å². The number of aryl methyl sites for hydroxylation is 1. The fourth-order valence-corrected chi connectivity index (χ4v) is 2.71. The van der Waals surface area contributed by atoms with Crippen molar-refractivity contribution in [2.75, 3.05) is 24.6 Å². The fraction of sp³-hybridized carbons (Fsp3) is 0.500. The molecule has 0 spiro atoms. The molecule has 1 unspecified atom stereocenters. The van der Waals surface area contributed by atoms with Crippen LogP contribution in [0.4, 0.5) is 5.95 Å². The minimum Gasteiger partial charge on any atom is -0.375 e. The quantitative estimate of drug-likeness (QED) is 0.811. The average Bonchev–Trinajstić information content (AvgIpc) is 3.02. The molecule has 0 radical (unpaired) electrons. The van der Waals surface area contributed by atoms with Gasteiger partial charge in [0.25, 0.3) is 0 Å². The van der Waals surface area contributed by atoms with E-state index in [2.05, 4.69) is 31.6 Å². The van der Waals surface area contributed by atoms with Crippen LogP contribution in [0.3, 0.4) is 0 Å². The summed E-state index contributed by atoms with van der Waals surface area (Å²) in [6, 6.07) is 0. The van der Waals surface area contributed by atoms with Crippen LogP contribution in [-0.4, -0.2) is 50.5 Å². The number of hydrogen-bond donors (Lipinski definition) is 2. The molecule has 0 amide bonds. The lowest BCUT2D eigenvalue weighted by molar-refractivity contribution is 0.0524. The molecule has 8 nitrogen and oxygen atoms in total. The number of imidazole rings is 1. The Kier molecular flexibility index (Phi) is 3.84. The lowest BCUT2D eigenvalue weighted by atomic mass is 10.3. The van der Waals surface area contributed by atoms with Gasteiger partial charge in [0.2, 0.25) is 5.95 Å².